The minimum Gasteiger partial charge on any atom is -0.370 e. The number of hydrogen-bond donors (Lipinski definition) is 1. The first-order valence-electron chi connectivity index (χ1n) is 10.6. The van der Waals surface area contributed by atoms with E-state index in [0.29, 0.717) is 25.8 Å². The molecule has 30 heavy (non-hydrogen) atoms. The first-order valence-corrected chi connectivity index (χ1v) is 10.6. The van der Waals surface area contributed by atoms with E-state index in [1.807, 2.05) is 62.5 Å². The number of ketones is 2. The first kappa shape index (κ1) is 21.9. The lowest BCUT2D eigenvalue weighted by atomic mass is 9.69. The molecule has 1 aliphatic carbocycles. The van der Waals surface area contributed by atoms with Crippen LogP contribution in [0.15, 0.2) is 48.5 Å². The van der Waals surface area contributed by atoms with E-state index >= 15 is 0 Å². The summed E-state index contributed by atoms with van der Waals surface area (Å²) in [4.78, 5) is 36.7. The fraction of sp³-hybridized carbons (Fsp3) is 0.400. The summed E-state index contributed by atoms with van der Waals surface area (Å²) in [7, 11) is 1.98. The van der Waals surface area contributed by atoms with E-state index in [9.17, 15) is 14.4 Å². The molecule has 0 aromatic heterocycles. The summed E-state index contributed by atoms with van der Waals surface area (Å²) in [6.07, 6.45) is 3.45. The lowest BCUT2D eigenvalue weighted by Gasteiger charge is -2.45. The lowest BCUT2D eigenvalue weighted by Crippen LogP contribution is -2.52. The third-order valence-corrected chi connectivity index (χ3v) is 6.15. The molecule has 0 saturated heterocycles. The summed E-state index contributed by atoms with van der Waals surface area (Å²) in [5.74, 6) is 0.489. The fourth-order valence-corrected chi connectivity index (χ4v) is 4.56. The summed E-state index contributed by atoms with van der Waals surface area (Å²) < 4.78 is 0. The largest absolute Gasteiger partial charge is 0.370 e. The SMILES string of the molecule is CC1CC(=O)CC2C1C(=O)c1cc(CN)ccc1N2C.O=CCCc1ccccc1. The highest BCUT2D eigenvalue weighted by Gasteiger charge is 2.45. The summed E-state index contributed by atoms with van der Waals surface area (Å²) in [6, 6.07) is 15.8. The average Bonchev–Trinajstić information content (AvgIpc) is 2.76. The van der Waals surface area contributed by atoms with Gasteiger partial charge in [0.25, 0.3) is 0 Å². The zero-order valence-corrected chi connectivity index (χ0v) is 17.7. The van der Waals surface area contributed by atoms with Crippen LogP contribution in [0, 0.1) is 11.8 Å². The Bertz CT molecular complexity index is 910. The number of nitrogens with two attached hydrogens (primary N) is 1. The third-order valence-electron chi connectivity index (χ3n) is 6.15. The van der Waals surface area contributed by atoms with E-state index in [1.54, 1.807) is 0 Å². The van der Waals surface area contributed by atoms with Crippen molar-refractivity contribution in [2.45, 2.75) is 45.2 Å². The topological polar surface area (TPSA) is 80.5 Å². The molecule has 2 N–H and O–H groups in total. The van der Waals surface area contributed by atoms with E-state index in [2.05, 4.69) is 4.90 Å². The molecule has 0 radical (unpaired) electrons. The van der Waals surface area contributed by atoms with Gasteiger partial charge in [-0.2, -0.15) is 0 Å². The molecule has 4 rings (SSSR count). The molecule has 0 amide bonds. The average molecular weight is 407 g/mol. The normalized spacial score (nSPS) is 22.5. The molecule has 2 aromatic rings. The second kappa shape index (κ2) is 9.81. The van der Waals surface area contributed by atoms with Crippen molar-refractivity contribution in [3.8, 4) is 0 Å². The van der Waals surface area contributed by atoms with Crippen LogP contribution in [-0.4, -0.2) is 30.9 Å². The second-order valence-corrected chi connectivity index (χ2v) is 8.24. The number of anilines is 1. The Kier molecular flexibility index (Phi) is 7.16. The molecule has 2 aromatic carbocycles. The quantitative estimate of drug-likeness (QED) is 0.785. The maximum Gasteiger partial charge on any atom is 0.170 e. The maximum atomic E-state index is 12.8. The van der Waals surface area contributed by atoms with E-state index in [4.69, 9.17) is 5.73 Å². The summed E-state index contributed by atoms with van der Waals surface area (Å²) in [5.41, 5.74) is 9.57. The number of Topliss-reactive ketones (excluding diaryl/α,β-unsaturated/α-hetero) is 2. The van der Waals surface area contributed by atoms with Crippen LogP contribution < -0.4 is 10.6 Å². The van der Waals surface area contributed by atoms with Crippen molar-refractivity contribution >= 4 is 23.5 Å². The van der Waals surface area contributed by atoms with E-state index in [-0.39, 0.29) is 29.4 Å². The van der Waals surface area contributed by atoms with Crippen molar-refractivity contribution in [1.29, 1.82) is 0 Å². The van der Waals surface area contributed by atoms with Crippen molar-refractivity contribution in [3.05, 3.63) is 65.2 Å². The molecule has 5 heteroatoms. The highest BCUT2D eigenvalue weighted by molar-refractivity contribution is 6.06. The van der Waals surface area contributed by atoms with Crippen LogP contribution in [0.1, 0.15) is 47.7 Å². The maximum absolute atomic E-state index is 12.8. The highest BCUT2D eigenvalue weighted by Crippen LogP contribution is 2.41. The van der Waals surface area contributed by atoms with Gasteiger partial charge in [-0.05, 0) is 35.6 Å². The van der Waals surface area contributed by atoms with E-state index in [0.717, 1.165) is 29.5 Å². The Morgan fingerprint density at radius 3 is 2.47 bits per heavy atom. The minimum absolute atomic E-state index is 0.00924. The highest BCUT2D eigenvalue weighted by atomic mass is 16.1. The van der Waals surface area contributed by atoms with Crippen molar-refractivity contribution in [2.24, 2.45) is 17.6 Å². The van der Waals surface area contributed by atoms with Gasteiger partial charge in [0.15, 0.2) is 5.78 Å². The number of fused-ring (bicyclic) bond motifs is 2. The van der Waals surface area contributed by atoms with Crippen LogP contribution in [0.3, 0.4) is 0 Å². The summed E-state index contributed by atoms with van der Waals surface area (Å²) in [6.45, 7) is 2.45. The van der Waals surface area contributed by atoms with Crippen molar-refractivity contribution < 1.29 is 14.4 Å². The van der Waals surface area contributed by atoms with Crippen LogP contribution in [0.5, 0.6) is 0 Å². The molecule has 5 nitrogen and oxygen atoms in total. The van der Waals surface area contributed by atoms with Crippen molar-refractivity contribution in [1.82, 2.24) is 0 Å². The molecule has 0 bridgehead atoms. The van der Waals surface area contributed by atoms with E-state index < -0.39 is 0 Å². The van der Waals surface area contributed by atoms with Gasteiger partial charge in [-0.3, -0.25) is 9.59 Å². The number of rotatable bonds is 4. The number of hydrogen-bond acceptors (Lipinski definition) is 5. The van der Waals surface area contributed by atoms with Crippen LogP contribution >= 0.6 is 0 Å². The van der Waals surface area contributed by atoms with Gasteiger partial charge >= 0.3 is 0 Å². The number of nitrogens with zero attached hydrogens (tertiary/aromatic N) is 1. The molecule has 1 aliphatic heterocycles. The number of benzene rings is 2. The van der Waals surface area contributed by atoms with Crippen LogP contribution in [-0.2, 0) is 22.6 Å². The van der Waals surface area contributed by atoms with Gasteiger partial charge in [-0.15, -0.1) is 0 Å². The summed E-state index contributed by atoms with van der Waals surface area (Å²) in [5, 5.41) is 0. The standard InChI is InChI=1S/C16H20N2O2.C9H10O/c1-9-5-11(19)7-14-15(9)16(20)12-6-10(8-17)3-4-13(12)18(14)2;10-8-4-7-9-5-2-1-3-6-9/h3-4,6,9,14-15H,5,7-8,17H2,1-2H3;1-3,5-6,8H,4,7H2. The number of aryl methyl sites for hydroxylation is 1. The Labute approximate surface area is 178 Å². The molecule has 1 fully saturated rings. The molecule has 3 unspecified atom stereocenters. The predicted molar refractivity (Wildman–Crippen MR) is 119 cm³/mol. The molecule has 0 spiro atoms. The monoisotopic (exact) mass is 406 g/mol. The van der Waals surface area contributed by atoms with Crippen LogP contribution in [0.2, 0.25) is 0 Å². The Morgan fingerprint density at radius 2 is 1.80 bits per heavy atom. The molecule has 1 heterocycles. The molecule has 1 saturated carbocycles. The molecule has 158 valence electrons. The zero-order valence-electron chi connectivity index (χ0n) is 17.7. The van der Waals surface area contributed by atoms with Gasteiger partial charge in [0.2, 0.25) is 0 Å². The first-order chi connectivity index (χ1) is 14.5. The van der Waals surface area contributed by atoms with Crippen LogP contribution in [0.25, 0.3) is 0 Å². The Balaban J connectivity index is 0.000000216. The second-order valence-electron chi connectivity index (χ2n) is 8.24. The smallest absolute Gasteiger partial charge is 0.170 e. The molecular weight excluding hydrogens is 376 g/mol. The van der Waals surface area contributed by atoms with Gasteiger partial charge in [-0.1, -0.05) is 43.3 Å². The van der Waals surface area contributed by atoms with Gasteiger partial charge in [0.1, 0.15) is 12.1 Å². The van der Waals surface area contributed by atoms with Gasteiger partial charge in [-0.25, -0.2) is 0 Å². The molecule has 3 atom stereocenters. The fourth-order valence-electron chi connectivity index (χ4n) is 4.56. The Hall–Kier alpha value is -2.79. The lowest BCUT2D eigenvalue weighted by molar-refractivity contribution is -0.122. The van der Waals surface area contributed by atoms with Crippen molar-refractivity contribution in [2.75, 3.05) is 11.9 Å². The summed E-state index contributed by atoms with van der Waals surface area (Å²) >= 11 is 0. The minimum atomic E-state index is -0.0711. The number of carbonyl (C=O) groups excluding carboxylic acids is 3. The molecule has 2 aliphatic rings. The Morgan fingerprint density at radius 1 is 1.07 bits per heavy atom. The van der Waals surface area contributed by atoms with Crippen LogP contribution in [0.4, 0.5) is 5.69 Å². The van der Waals surface area contributed by atoms with Gasteiger partial charge < -0.3 is 15.4 Å². The number of aldehydes is 1. The third kappa shape index (κ3) is 4.68. The predicted octanol–water partition coefficient (Wildman–Crippen LogP) is 3.58. The van der Waals surface area contributed by atoms with Crippen molar-refractivity contribution in [3.63, 3.8) is 0 Å². The molecular formula is C25H30N2O3. The van der Waals surface area contributed by atoms with E-state index in [1.165, 1.54) is 5.56 Å². The van der Waals surface area contributed by atoms with Gasteiger partial charge in [0, 0.05) is 56.1 Å². The van der Waals surface area contributed by atoms with Gasteiger partial charge in [0.05, 0.1) is 0 Å². The number of carbonyl (C=O) groups is 3. The zero-order chi connectivity index (χ0) is 21.7.